The molecule has 0 saturated heterocycles. The normalized spacial score (nSPS) is 10.7. The molecule has 1 amide bonds. The number of nitrogens with one attached hydrogen (secondary N) is 1. The smallest absolute Gasteiger partial charge is 0.266 e. The standard InChI is InChI=1S/C18H15BrN2O2/c1-2-23-17-10-6-5-9-16(17)21-18(22)14(12-20)11-13-7-3-4-8-15(13)19/h3-11H,2H2,1H3,(H,21,22)/b14-11+. The van der Waals surface area contributed by atoms with E-state index in [0.29, 0.717) is 18.0 Å². The van der Waals surface area contributed by atoms with Crippen molar-refractivity contribution in [2.45, 2.75) is 6.92 Å². The summed E-state index contributed by atoms with van der Waals surface area (Å²) in [5.74, 6) is 0.0944. The molecule has 2 aromatic rings. The molecule has 0 aliphatic rings. The van der Waals surface area contributed by atoms with E-state index in [1.807, 2.05) is 43.3 Å². The summed E-state index contributed by atoms with van der Waals surface area (Å²) >= 11 is 3.40. The van der Waals surface area contributed by atoms with Gasteiger partial charge in [0.2, 0.25) is 0 Å². The molecule has 0 saturated carbocycles. The van der Waals surface area contributed by atoms with Crippen molar-refractivity contribution in [2.75, 3.05) is 11.9 Å². The predicted octanol–water partition coefficient (Wildman–Crippen LogP) is 4.39. The highest BCUT2D eigenvalue weighted by Gasteiger charge is 2.12. The van der Waals surface area contributed by atoms with Crippen molar-refractivity contribution in [3.63, 3.8) is 0 Å². The number of para-hydroxylation sites is 2. The van der Waals surface area contributed by atoms with E-state index in [1.165, 1.54) is 0 Å². The van der Waals surface area contributed by atoms with E-state index in [1.54, 1.807) is 24.3 Å². The molecule has 0 heterocycles. The average Bonchev–Trinajstić information content (AvgIpc) is 2.56. The molecule has 0 atom stereocenters. The summed E-state index contributed by atoms with van der Waals surface area (Å²) in [7, 11) is 0. The molecule has 5 heteroatoms. The van der Waals surface area contributed by atoms with Gasteiger partial charge < -0.3 is 10.1 Å². The molecule has 0 radical (unpaired) electrons. The quantitative estimate of drug-likeness (QED) is 0.626. The van der Waals surface area contributed by atoms with Crippen molar-refractivity contribution in [2.24, 2.45) is 0 Å². The van der Waals surface area contributed by atoms with Crippen LogP contribution < -0.4 is 10.1 Å². The first-order valence-electron chi connectivity index (χ1n) is 7.05. The SMILES string of the molecule is CCOc1ccccc1NC(=O)/C(C#N)=C/c1ccccc1Br. The molecule has 0 fully saturated rings. The second-order valence-corrected chi connectivity index (χ2v) is 5.43. The van der Waals surface area contributed by atoms with Gasteiger partial charge in [0.25, 0.3) is 5.91 Å². The number of amides is 1. The number of nitriles is 1. The summed E-state index contributed by atoms with van der Waals surface area (Å²) < 4.78 is 6.28. The zero-order valence-electron chi connectivity index (χ0n) is 12.5. The molecule has 0 spiro atoms. The van der Waals surface area contributed by atoms with Crippen LogP contribution in [0.2, 0.25) is 0 Å². The van der Waals surface area contributed by atoms with Crippen molar-refractivity contribution in [1.29, 1.82) is 5.26 Å². The molecule has 2 rings (SSSR count). The zero-order chi connectivity index (χ0) is 16.7. The number of benzene rings is 2. The van der Waals surface area contributed by atoms with Crippen LogP contribution >= 0.6 is 15.9 Å². The first-order valence-corrected chi connectivity index (χ1v) is 7.84. The van der Waals surface area contributed by atoms with Crippen LogP contribution in [0.1, 0.15) is 12.5 Å². The fourth-order valence-corrected chi connectivity index (χ4v) is 2.34. The minimum atomic E-state index is -0.476. The summed E-state index contributed by atoms with van der Waals surface area (Å²) in [4.78, 5) is 12.3. The van der Waals surface area contributed by atoms with Crippen molar-refractivity contribution in [1.82, 2.24) is 0 Å². The van der Waals surface area contributed by atoms with E-state index in [9.17, 15) is 10.1 Å². The highest BCUT2D eigenvalue weighted by Crippen LogP contribution is 2.25. The van der Waals surface area contributed by atoms with Gasteiger partial charge in [-0.1, -0.05) is 46.3 Å². The third-order valence-electron chi connectivity index (χ3n) is 3.01. The Morgan fingerprint density at radius 3 is 2.65 bits per heavy atom. The number of hydrogen-bond acceptors (Lipinski definition) is 3. The number of carbonyl (C=O) groups excluding carboxylic acids is 1. The van der Waals surface area contributed by atoms with Gasteiger partial charge in [0, 0.05) is 4.47 Å². The van der Waals surface area contributed by atoms with Gasteiger partial charge in [0.05, 0.1) is 12.3 Å². The molecule has 0 aliphatic heterocycles. The highest BCUT2D eigenvalue weighted by atomic mass is 79.9. The van der Waals surface area contributed by atoms with E-state index in [4.69, 9.17) is 4.74 Å². The Labute approximate surface area is 143 Å². The maximum Gasteiger partial charge on any atom is 0.266 e. The second-order valence-electron chi connectivity index (χ2n) is 4.57. The molecule has 0 aromatic heterocycles. The molecule has 116 valence electrons. The molecule has 23 heavy (non-hydrogen) atoms. The molecular formula is C18H15BrN2O2. The lowest BCUT2D eigenvalue weighted by Gasteiger charge is -2.10. The highest BCUT2D eigenvalue weighted by molar-refractivity contribution is 9.10. The first kappa shape index (κ1) is 16.8. The van der Waals surface area contributed by atoms with Crippen molar-refractivity contribution in [3.8, 4) is 11.8 Å². The van der Waals surface area contributed by atoms with Crippen LogP contribution in [0, 0.1) is 11.3 Å². The van der Waals surface area contributed by atoms with Gasteiger partial charge in [0.1, 0.15) is 17.4 Å². The van der Waals surface area contributed by atoms with Crippen LogP contribution in [0.3, 0.4) is 0 Å². The molecule has 2 aromatic carbocycles. The van der Waals surface area contributed by atoms with Gasteiger partial charge >= 0.3 is 0 Å². The Bertz CT molecular complexity index is 779. The Balaban J connectivity index is 2.25. The molecule has 0 bridgehead atoms. The largest absolute Gasteiger partial charge is 0.492 e. The van der Waals surface area contributed by atoms with Crippen LogP contribution in [-0.2, 0) is 4.79 Å². The molecule has 0 unspecified atom stereocenters. The third-order valence-corrected chi connectivity index (χ3v) is 3.73. The number of anilines is 1. The minimum Gasteiger partial charge on any atom is -0.492 e. The molecule has 0 aliphatic carbocycles. The van der Waals surface area contributed by atoms with Crippen molar-refractivity contribution >= 4 is 33.6 Å². The van der Waals surface area contributed by atoms with Crippen molar-refractivity contribution in [3.05, 3.63) is 64.1 Å². The number of halogens is 1. The number of nitrogens with zero attached hydrogens (tertiary/aromatic N) is 1. The van der Waals surface area contributed by atoms with Gasteiger partial charge in [-0.3, -0.25) is 4.79 Å². The molecule has 1 N–H and O–H groups in total. The lowest BCUT2D eigenvalue weighted by atomic mass is 10.1. The van der Waals surface area contributed by atoms with Crippen LogP contribution in [-0.4, -0.2) is 12.5 Å². The van der Waals surface area contributed by atoms with E-state index in [2.05, 4.69) is 21.2 Å². The topological polar surface area (TPSA) is 62.1 Å². The Hall–Kier alpha value is -2.58. The summed E-state index contributed by atoms with van der Waals surface area (Å²) in [5, 5.41) is 12.0. The fraction of sp³-hybridized carbons (Fsp3) is 0.111. The van der Waals surface area contributed by atoms with Gasteiger partial charge in [-0.2, -0.15) is 5.26 Å². The van der Waals surface area contributed by atoms with E-state index in [0.717, 1.165) is 10.0 Å². The molecular weight excluding hydrogens is 356 g/mol. The monoisotopic (exact) mass is 370 g/mol. The van der Waals surface area contributed by atoms with E-state index >= 15 is 0 Å². The van der Waals surface area contributed by atoms with Crippen LogP contribution in [0.15, 0.2) is 58.6 Å². The van der Waals surface area contributed by atoms with Gasteiger partial charge in [-0.15, -0.1) is 0 Å². The summed E-state index contributed by atoms with van der Waals surface area (Å²) in [6.07, 6.45) is 1.54. The van der Waals surface area contributed by atoms with Crippen LogP contribution in [0.25, 0.3) is 6.08 Å². The van der Waals surface area contributed by atoms with Crippen molar-refractivity contribution < 1.29 is 9.53 Å². The average molecular weight is 371 g/mol. The number of ether oxygens (including phenoxy) is 1. The summed E-state index contributed by atoms with van der Waals surface area (Å²) in [6, 6.07) is 16.4. The number of carbonyl (C=O) groups is 1. The van der Waals surface area contributed by atoms with Gasteiger partial charge in [-0.25, -0.2) is 0 Å². The van der Waals surface area contributed by atoms with E-state index < -0.39 is 5.91 Å². The van der Waals surface area contributed by atoms with Crippen LogP contribution in [0.5, 0.6) is 5.75 Å². The predicted molar refractivity (Wildman–Crippen MR) is 94.0 cm³/mol. The Kier molecular flexibility index (Phi) is 5.95. The minimum absolute atomic E-state index is 0.0169. The maximum atomic E-state index is 12.3. The second kappa shape index (κ2) is 8.16. The zero-order valence-corrected chi connectivity index (χ0v) is 14.1. The lowest BCUT2D eigenvalue weighted by Crippen LogP contribution is -2.14. The van der Waals surface area contributed by atoms with Gasteiger partial charge in [-0.05, 0) is 36.8 Å². The lowest BCUT2D eigenvalue weighted by molar-refractivity contribution is -0.112. The number of hydrogen-bond donors (Lipinski definition) is 1. The summed E-state index contributed by atoms with van der Waals surface area (Å²) in [6.45, 7) is 2.36. The Morgan fingerprint density at radius 1 is 1.26 bits per heavy atom. The maximum absolute atomic E-state index is 12.3. The third kappa shape index (κ3) is 4.44. The van der Waals surface area contributed by atoms with Crippen LogP contribution in [0.4, 0.5) is 5.69 Å². The van der Waals surface area contributed by atoms with Gasteiger partial charge in [0.15, 0.2) is 0 Å². The summed E-state index contributed by atoms with van der Waals surface area (Å²) in [5.41, 5.74) is 1.31. The number of rotatable bonds is 5. The fourth-order valence-electron chi connectivity index (χ4n) is 1.94. The molecule has 4 nitrogen and oxygen atoms in total. The van der Waals surface area contributed by atoms with E-state index in [-0.39, 0.29) is 5.57 Å². The first-order chi connectivity index (χ1) is 11.2. The Morgan fingerprint density at radius 2 is 1.96 bits per heavy atom.